The van der Waals surface area contributed by atoms with Gasteiger partial charge in [-0.1, -0.05) is 48.9 Å². The molecule has 2 atom stereocenters. The summed E-state index contributed by atoms with van der Waals surface area (Å²) in [6, 6.07) is 12.4. The Hall–Kier alpha value is -3.41. The van der Waals surface area contributed by atoms with Crippen LogP contribution in [0.3, 0.4) is 0 Å². The Morgan fingerprint density at radius 2 is 1.85 bits per heavy atom. The minimum Gasteiger partial charge on any atom is -0.400 e. The van der Waals surface area contributed by atoms with Crippen LogP contribution in [-0.2, 0) is 6.42 Å². The fourth-order valence-corrected chi connectivity index (χ4v) is 4.22. The van der Waals surface area contributed by atoms with Gasteiger partial charge in [0, 0.05) is 41.4 Å². The van der Waals surface area contributed by atoms with Gasteiger partial charge < -0.3 is 21.3 Å². The lowest BCUT2D eigenvalue weighted by Gasteiger charge is -2.29. The van der Waals surface area contributed by atoms with Crippen LogP contribution in [0.4, 0.5) is 23.7 Å². The second-order valence-electron chi connectivity index (χ2n) is 9.16. The van der Waals surface area contributed by atoms with Crippen LogP contribution in [0.15, 0.2) is 64.8 Å². The zero-order valence-electron chi connectivity index (χ0n) is 21.3. The first-order valence-electron chi connectivity index (χ1n) is 12.3. The summed E-state index contributed by atoms with van der Waals surface area (Å²) in [6.45, 7) is 0.905. The molecule has 1 saturated carbocycles. The molecule has 0 heterocycles. The number of aliphatic imine (C=N–C) groups is 1. The Bertz CT molecular complexity index is 1250. The van der Waals surface area contributed by atoms with Crippen molar-refractivity contribution in [2.24, 2.45) is 10.7 Å². The number of aliphatic hydroxyl groups is 2. The smallest absolute Gasteiger partial charge is 0.390 e. The number of amidine groups is 1. The molecule has 2 unspecified atom stereocenters. The minimum absolute atomic E-state index is 0.00618. The van der Waals surface area contributed by atoms with Crippen molar-refractivity contribution in [3.8, 4) is 0 Å². The van der Waals surface area contributed by atoms with E-state index in [1.54, 1.807) is 48.5 Å². The number of hydrogen-bond donors (Lipinski definition) is 5. The minimum atomic E-state index is -4.53. The SMILES string of the molecule is CCc1ccc(C(=N)N(CCC(F)(F)F)C(=O)NC/C(N)=C2\CC(O)C(O)CC2=Nc2cccc(Cl)c2)cc1. The maximum absolute atomic E-state index is 13.0. The van der Waals surface area contributed by atoms with Crippen molar-refractivity contribution in [2.45, 2.75) is 51.0 Å². The molecule has 0 saturated heterocycles. The summed E-state index contributed by atoms with van der Waals surface area (Å²) in [6.07, 6.45) is -7.33. The van der Waals surface area contributed by atoms with Gasteiger partial charge in [-0.25, -0.2) is 4.79 Å². The highest BCUT2D eigenvalue weighted by molar-refractivity contribution is 6.30. The van der Waals surface area contributed by atoms with Gasteiger partial charge in [-0.2, -0.15) is 13.2 Å². The zero-order valence-corrected chi connectivity index (χ0v) is 22.1. The topological polar surface area (TPSA) is 135 Å². The van der Waals surface area contributed by atoms with E-state index in [4.69, 9.17) is 22.7 Å². The van der Waals surface area contributed by atoms with E-state index in [1.807, 2.05) is 6.92 Å². The standard InChI is InChI=1S/C27H31ClF3N5O3/c1-2-16-6-8-17(9-7-16)25(33)36(11-10-27(29,30)31)26(39)34-15-21(32)20-13-23(37)24(38)14-22(20)35-19-5-3-4-18(28)12-19/h3-9,12,23-24,33,37-38H,2,10-11,13-15,32H2,1H3,(H,34,39)/b21-20-,33-25?,35-22?. The van der Waals surface area contributed by atoms with Gasteiger partial charge in [0.2, 0.25) is 0 Å². The first-order valence-corrected chi connectivity index (χ1v) is 12.7. The van der Waals surface area contributed by atoms with Crippen molar-refractivity contribution >= 4 is 34.9 Å². The normalized spacial score (nSPS) is 20.0. The number of carbonyl (C=O) groups excluding carboxylic acids is 1. The molecule has 6 N–H and O–H groups in total. The number of urea groups is 1. The van der Waals surface area contributed by atoms with E-state index in [0.717, 1.165) is 12.0 Å². The molecule has 1 aliphatic carbocycles. The van der Waals surface area contributed by atoms with Gasteiger partial charge in [0.05, 0.1) is 30.9 Å². The van der Waals surface area contributed by atoms with Gasteiger partial charge in [-0.05, 0) is 35.8 Å². The molecule has 0 aliphatic heterocycles. The van der Waals surface area contributed by atoms with Crippen LogP contribution in [0.2, 0.25) is 5.02 Å². The average molecular weight is 566 g/mol. The van der Waals surface area contributed by atoms with E-state index in [-0.39, 0.29) is 36.5 Å². The number of benzene rings is 2. The van der Waals surface area contributed by atoms with Gasteiger partial charge in [0.25, 0.3) is 0 Å². The molecule has 1 aliphatic rings. The second kappa shape index (κ2) is 13.1. The highest BCUT2D eigenvalue weighted by atomic mass is 35.5. The maximum Gasteiger partial charge on any atom is 0.390 e. The van der Waals surface area contributed by atoms with Gasteiger partial charge in [-0.15, -0.1) is 0 Å². The van der Waals surface area contributed by atoms with E-state index >= 15 is 0 Å². The Labute approximate surface area is 229 Å². The van der Waals surface area contributed by atoms with Crippen molar-refractivity contribution < 1.29 is 28.2 Å². The van der Waals surface area contributed by atoms with Crippen LogP contribution in [-0.4, -0.2) is 64.2 Å². The number of amides is 2. The highest BCUT2D eigenvalue weighted by Gasteiger charge is 2.32. The molecule has 210 valence electrons. The van der Waals surface area contributed by atoms with Crippen molar-refractivity contribution in [3.63, 3.8) is 0 Å². The highest BCUT2D eigenvalue weighted by Crippen LogP contribution is 2.28. The first kappa shape index (κ1) is 30.1. The Kier molecular flexibility index (Phi) is 10.1. The fourth-order valence-electron chi connectivity index (χ4n) is 4.03. The van der Waals surface area contributed by atoms with Crippen LogP contribution in [0.25, 0.3) is 0 Å². The Morgan fingerprint density at radius 3 is 2.46 bits per heavy atom. The lowest BCUT2D eigenvalue weighted by atomic mass is 9.87. The van der Waals surface area contributed by atoms with E-state index < -0.39 is 37.4 Å². The number of aryl methyl sites for hydroxylation is 1. The van der Waals surface area contributed by atoms with Crippen molar-refractivity contribution in [1.29, 1.82) is 5.41 Å². The number of hydrogen-bond acceptors (Lipinski definition) is 6. The summed E-state index contributed by atoms with van der Waals surface area (Å²) >= 11 is 6.03. The lowest BCUT2D eigenvalue weighted by Crippen LogP contribution is -2.46. The molecule has 0 aromatic heterocycles. The summed E-state index contributed by atoms with van der Waals surface area (Å²) in [4.78, 5) is 18.2. The summed E-state index contributed by atoms with van der Waals surface area (Å²) in [5, 5.41) is 31.8. The molecular formula is C27H31ClF3N5O3. The second-order valence-corrected chi connectivity index (χ2v) is 9.60. The molecule has 3 rings (SSSR count). The largest absolute Gasteiger partial charge is 0.400 e. The third-order valence-electron chi connectivity index (χ3n) is 6.27. The fraction of sp³-hybridized carbons (Fsp3) is 0.370. The van der Waals surface area contributed by atoms with Crippen molar-refractivity contribution in [1.82, 2.24) is 10.2 Å². The quantitative estimate of drug-likeness (QED) is 0.246. The molecule has 12 heteroatoms. The molecule has 2 aromatic carbocycles. The summed E-state index contributed by atoms with van der Waals surface area (Å²) < 4.78 is 39.0. The third-order valence-corrected chi connectivity index (χ3v) is 6.50. The molecule has 0 radical (unpaired) electrons. The maximum atomic E-state index is 13.0. The number of carbonyl (C=O) groups is 1. The Balaban J connectivity index is 1.83. The van der Waals surface area contributed by atoms with E-state index in [0.29, 0.717) is 26.9 Å². The van der Waals surface area contributed by atoms with Crippen LogP contribution in [0, 0.1) is 5.41 Å². The summed E-state index contributed by atoms with van der Waals surface area (Å²) in [5.74, 6) is -0.384. The van der Waals surface area contributed by atoms with Gasteiger partial charge in [0.15, 0.2) is 0 Å². The number of nitrogens with one attached hydrogen (secondary N) is 2. The average Bonchev–Trinajstić information content (AvgIpc) is 2.88. The van der Waals surface area contributed by atoms with E-state index in [1.165, 1.54) is 0 Å². The first-order chi connectivity index (χ1) is 18.4. The number of nitrogens with zero attached hydrogens (tertiary/aromatic N) is 2. The van der Waals surface area contributed by atoms with Crippen LogP contribution in [0.5, 0.6) is 0 Å². The van der Waals surface area contributed by atoms with Crippen LogP contribution >= 0.6 is 11.6 Å². The number of nitrogens with two attached hydrogens (primary N) is 1. The third kappa shape index (κ3) is 8.54. The van der Waals surface area contributed by atoms with Crippen LogP contribution < -0.4 is 11.1 Å². The number of halogens is 4. The molecule has 0 bridgehead atoms. The number of rotatable bonds is 7. The molecule has 1 fully saturated rings. The molecular weight excluding hydrogens is 535 g/mol. The molecule has 8 nitrogen and oxygen atoms in total. The predicted octanol–water partition coefficient (Wildman–Crippen LogP) is 4.69. The van der Waals surface area contributed by atoms with Gasteiger partial charge in [-0.3, -0.25) is 15.3 Å². The molecule has 2 aromatic rings. The monoisotopic (exact) mass is 565 g/mol. The number of alkyl halides is 3. The summed E-state index contributed by atoms with van der Waals surface area (Å²) in [5.41, 5.74) is 8.92. The van der Waals surface area contributed by atoms with Crippen LogP contribution in [0.1, 0.15) is 37.3 Å². The van der Waals surface area contributed by atoms with E-state index in [9.17, 15) is 28.2 Å². The lowest BCUT2D eigenvalue weighted by molar-refractivity contribution is -0.135. The number of aliphatic hydroxyl groups excluding tert-OH is 2. The molecule has 2 amide bonds. The predicted molar refractivity (Wildman–Crippen MR) is 144 cm³/mol. The van der Waals surface area contributed by atoms with E-state index in [2.05, 4.69) is 10.3 Å². The van der Waals surface area contributed by atoms with Crippen molar-refractivity contribution in [2.75, 3.05) is 13.1 Å². The molecule has 0 spiro atoms. The molecule has 39 heavy (non-hydrogen) atoms. The van der Waals surface area contributed by atoms with Gasteiger partial charge in [0.1, 0.15) is 5.84 Å². The summed E-state index contributed by atoms with van der Waals surface area (Å²) in [7, 11) is 0. The zero-order chi connectivity index (χ0) is 28.7. The van der Waals surface area contributed by atoms with Gasteiger partial charge >= 0.3 is 12.2 Å². The Morgan fingerprint density at radius 1 is 1.18 bits per heavy atom. The van der Waals surface area contributed by atoms with Crippen molar-refractivity contribution in [3.05, 3.63) is 76.0 Å².